The third-order valence-corrected chi connectivity index (χ3v) is 5.22. The molecule has 4 aromatic rings. The molecule has 6 heteroatoms. The molecule has 0 N–H and O–H groups in total. The molecule has 0 radical (unpaired) electrons. The maximum Gasteiger partial charge on any atom is 0.226 e. The van der Waals surface area contributed by atoms with Crippen LogP contribution in [0.4, 0.5) is 0 Å². The van der Waals surface area contributed by atoms with Crippen molar-refractivity contribution in [3.63, 3.8) is 0 Å². The van der Waals surface area contributed by atoms with Gasteiger partial charge in [-0.05, 0) is 24.3 Å². The summed E-state index contributed by atoms with van der Waals surface area (Å²) < 4.78 is 7.75. The van der Waals surface area contributed by atoms with E-state index >= 15 is 0 Å². The largest absolute Gasteiger partial charge is 0.444 e. The second kappa shape index (κ2) is 7.58. The molecule has 142 valence electrons. The number of oxazole rings is 1. The Morgan fingerprint density at radius 2 is 1.50 bits per heavy atom. The predicted octanol–water partition coefficient (Wildman–Crippen LogP) is 3.31. The summed E-state index contributed by atoms with van der Waals surface area (Å²) in [5.74, 6) is 0.695. The first-order valence-corrected chi connectivity index (χ1v) is 9.71. The summed E-state index contributed by atoms with van der Waals surface area (Å²) in [6.07, 6.45) is 5.96. The van der Waals surface area contributed by atoms with Gasteiger partial charge in [0, 0.05) is 57.2 Å². The SMILES string of the molecule is c1ccc(-c2nc(CN3CCN(Cc4cn5ccccc5n4)CC3)co2)cc1. The van der Waals surface area contributed by atoms with Gasteiger partial charge >= 0.3 is 0 Å². The van der Waals surface area contributed by atoms with Crippen molar-refractivity contribution in [1.82, 2.24) is 24.2 Å². The van der Waals surface area contributed by atoms with Gasteiger partial charge < -0.3 is 8.82 Å². The van der Waals surface area contributed by atoms with Crippen LogP contribution in [0.15, 0.2) is 71.6 Å². The number of pyridine rings is 1. The van der Waals surface area contributed by atoms with Crippen LogP contribution in [0, 0.1) is 0 Å². The normalized spacial score (nSPS) is 16.0. The second-order valence-corrected chi connectivity index (χ2v) is 7.26. The van der Waals surface area contributed by atoms with Crippen LogP contribution in [0.5, 0.6) is 0 Å². The highest BCUT2D eigenvalue weighted by atomic mass is 16.3. The summed E-state index contributed by atoms with van der Waals surface area (Å²) in [6, 6.07) is 16.1. The summed E-state index contributed by atoms with van der Waals surface area (Å²) in [5, 5.41) is 0. The quantitative estimate of drug-likeness (QED) is 0.537. The third kappa shape index (κ3) is 3.69. The Bertz CT molecular complexity index is 1010. The molecule has 3 aromatic heterocycles. The average molecular weight is 373 g/mol. The van der Waals surface area contributed by atoms with Crippen molar-refractivity contribution < 1.29 is 4.42 Å². The van der Waals surface area contributed by atoms with Gasteiger partial charge in [0.15, 0.2) is 0 Å². The van der Waals surface area contributed by atoms with Gasteiger partial charge in [-0.3, -0.25) is 9.80 Å². The van der Waals surface area contributed by atoms with Gasteiger partial charge in [0.1, 0.15) is 11.9 Å². The Hall–Kier alpha value is -2.96. The molecule has 1 saturated heterocycles. The Kier molecular flexibility index (Phi) is 4.64. The lowest BCUT2D eigenvalue weighted by atomic mass is 10.2. The van der Waals surface area contributed by atoms with Crippen LogP contribution in [0.1, 0.15) is 11.4 Å². The second-order valence-electron chi connectivity index (χ2n) is 7.26. The number of hydrogen-bond acceptors (Lipinski definition) is 5. The number of hydrogen-bond donors (Lipinski definition) is 0. The highest BCUT2D eigenvalue weighted by Crippen LogP contribution is 2.19. The number of imidazole rings is 1. The van der Waals surface area contributed by atoms with E-state index in [0.717, 1.165) is 61.9 Å². The van der Waals surface area contributed by atoms with Gasteiger partial charge in [-0.15, -0.1) is 0 Å². The van der Waals surface area contributed by atoms with E-state index in [2.05, 4.69) is 25.4 Å². The minimum atomic E-state index is 0.695. The van der Waals surface area contributed by atoms with Crippen molar-refractivity contribution in [2.24, 2.45) is 0 Å². The van der Waals surface area contributed by atoms with E-state index in [4.69, 9.17) is 9.40 Å². The van der Waals surface area contributed by atoms with Crippen LogP contribution in [0.3, 0.4) is 0 Å². The number of piperazine rings is 1. The number of fused-ring (bicyclic) bond motifs is 1. The van der Waals surface area contributed by atoms with E-state index in [1.165, 1.54) is 0 Å². The fourth-order valence-corrected chi connectivity index (χ4v) is 3.72. The standard InChI is InChI=1S/C22H23N5O/c1-2-6-18(7-3-1)22-24-20(17-28-22)15-26-12-10-25(11-13-26)14-19-16-27-9-5-4-8-21(27)23-19/h1-9,16-17H,10-15H2. The monoisotopic (exact) mass is 373 g/mol. The number of aromatic nitrogens is 3. The first-order valence-electron chi connectivity index (χ1n) is 9.71. The fraction of sp³-hybridized carbons (Fsp3) is 0.273. The molecule has 6 nitrogen and oxygen atoms in total. The van der Waals surface area contributed by atoms with Crippen molar-refractivity contribution >= 4 is 5.65 Å². The van der Waals surface area contributed by atoms with E-state index in [1.54, 1.807) is 6.26 Å². The van der Waals surface area contributed by atoms with Crippen molar-refractivity contribution in [2.75, 3.05) is 26.2 Å². The van der Waals surface area contributed by atoms with Crippen LogP contribution < -0.4 is 0 Å². The topological polar surface area (TPSA) is 49.8 Å². The summed E-state index contributed by atoms with van der Waals surface area (Å²) in [5.41, 5.74) is 4.15. The zero-order chi connectivity index (χ0) is 18.8. The smallest absolute Gasteiger partial charge is 0.226 e. The van der Waals surface area contributed by atoms with E-state index in [1.807, 2.05) is 54.7 Å². The van der Waals surface area contributed by atoms with Crippen LogP contribution >= 0.6 is 0 Å². The van der Waals surface area contributed by atoms with Gasteiger partial charge in [0.2, 0.25) is 5.89 Å². The Balaban J connectivity index is 1.16. The van der Waals surface area contributed by atoms with Crippen LogP contribution in [0.2, 0.25) is 0 Å². The molecule has 0 bridgehead atoms. The van der Waals surface area contributed by atoms with Crippen molar-refractivity contribution in [3.8, 4) is 11.5 Å². The Morgan fingerprint density at radius 1 is 0.786 bits per heavy atom. The number of nitrogens with zero attached hydrogens (tertiary/aromatic N) is 5. The van der Waals surface area contributed by atoms with Gasteiger partial charge in [0.05, 0.1) is 11.4 Å². The molecule has 28 heavy (non-hydrogen) atoms. The van der Waals surface area contributed by atoms with E-state index in [-0.39, 0.29) is 0 Å². The molecule has 0 saturated carbocycles. The van der Waals surface area contributed by atoms with Gasteiger partial charge in [-0.2, -0.15) is 0 Å². The highest BCUT2D eigenvalue weighted by Gasteiger charge is 2.19. The zero-order valence-corrected chi connectivity index (χ0v) is 15.7. The predicted molar refractivity (Wildman–Crippen MR) is 108 cm³/mol. The van der Waals surface area contributed by atoms with E-state index in [0.29, 0.717) is 5.89 Å². The van der Waals surface area contributed by atoms with E-state index < -0.39 is 0 Å². The van der Waals surface area contributed by atoms with Crippen LogP contribution in [-0.2, 0) is 13.1 Å². The summed E-state index contributed by atoms with van der Waals surface area (Å²) in [6.45, 7) is 5.87. The molecular formula is C22H23N5O. The van der Waals surface area contributed by atoms with Crippen molar-refractivity contribution in [3.05, 3.63) is 78.6 Å². The highest BCUT2D eigenvalue weighted by molar-refractivity contribution is 5.52. The molecule has 0 amide bonds. The summed E-state index contributed by atoms with van der Waals surface area (Å²) in [4.78, 5) is 14.3. The first kappa shape index (κ1) is 17.2. The summed E-state index contributed by atoms with van der Waals surface area (Å²) >= 11 is 0. The third-order valence-electron chi connectivity index (χ3n) is 5.22. The first-order chi connectivity index (χ1) is 13.8. The molecule has 4 heterocycles. The van der Waals surface area contributed by atoms with Crippen molar-refractivity contribution in [1.29, 1.82) is 0 Å². The number of rotatable bonds is 5. The van der Waals surface area contributed by atoms with Gasteiger partial charge in [-0.25, -0.2) is 9.97 Å². The minimum absolute atomic E-state index is 0.695. The van der Waals surface area contributed by atoms with Crippen LogP contribution in [-0.4, -0.2) is 50.3 Å². The molecule has 1 aliphatic heterocycles. The fourth-order valence-electron chi connectivity index (χ4n) is 3.72. The zero-order valence-electron chi connectivity index (χ0n) is 15.7. The molecule has 1 aliphatic rings. The Labute approximate surface area is 164 Å². The lowest BCUT2D eigenvalue weighted by Gasteiger charge is -2.33. The molecule has 0 unspecified atom stereocenters. The molecule has 0 spiro atoms. The molecule has 1 aromatic carbocycles. The van der Waals surface area contributed by atoms with Gasteiger partial charge in [0.25, 0.3) is 0 Å². The summed E-state index contributed by atoms with van der Waals surface area (Å²) in [7, 11) is 0. The lowest BCUT2D eigenvalue weighted by molar-refractivity contribution is 0.120. The molecule has 0 aliphatic carbocycles. The molecule has 0 atom stereocenters. The van der Waals surface area contributed by atoms with E-state index in [9.17, 15) is 0 Å². The van der Waals surface area contributed by atoms with Crippen molar-refractivity contribution in [2.45, 2.75) is 13.1 Å². The number of benzene rings is 1. The maximum atomic E-state index is 5.66. The maximum absolute atomic E-state index is 5.66. The minimum Gasteiger partial charge on any atom is -0.444 e. The molecule has 1 fully saturated rings. The van der Waals surface area contributed by atoms with Crippen LogP contribution in [0.25, 0.3) is 17.1 Å². The Morgan fingerprint density at radius 3 is 2.25 bits per heavy atom. The lowest BCUT2D eigenvalue weighted by Crippen LogP contribution is -2.45. The molecular weight excluding hydrogens is 350 g/mol. The van der Waals surface area contributed by atoms with Gasteiger partial charge in [-0.1, -0.05) is 24.3 Å². The average Bonchev–Trinajstić information content (AvgIpc) is 3.36. The molecule has 5 rings (SSSR count).